The summed E-state index contributed by atoms with van der Waals surface area (Å²) in [4.78, 5) is 4.87. The highest BCUT2D eigenvalue weighted by molar-refractivity contribution is 7.89. The van der Waals surface area contributed by atoms with E-state index >= 15 is 0 Å². The predicted molar refractivity (Wildman–Crippen MR) is 101 cm³/mol. The quantitative estimate of drug-likeness (QED) is 0.727. The van der Waals surface area contributed by atoms with Crippen LogP contribution in [-0.2, 0) is 21.4 Å². The number of para-hydroxylation sites is 1. The van der Waals surface area contributed by atoms with E-state index in [4.69, 9.17) is 9.47 Å². The summed E-state index contributed by atoms with van der Waals surface area (Å²) >= 11 is 0. The van der Waals surface area contributed by atoms with Gasteiger partial charge in [0.15, 0.2) is 0 Å². The van der Waals surface area contributed by atoms with Crippen molar-refractivity contribution in [3.8, 4) is 5.75 Å². The molecule has 0 radical (unpaired) electrons. The van der Waals surface area contributed by atoms with Gasteiger partial charge < -0.3 is 14.0 Å². The molecule has 0 unspecified atom stereocenters. The number of aromatic nitrogens is 2. The molecule has 0 bridgehead atoms. The highest BCUT2D eigenvalue weighted by Crippen LogP contribution is 2.27. The summed E-state index contributed by atoms with van der Waals surface area (Å²) in [5.74, 6) is 1.43. The Morgan fingerprint density at radius 1 is 1.26 bits per heavy atom. The van der Waals surface area contributed by atoms with Crippen LogP contribution in [0.1, 0.15) is 17.4 Å². The molecule has 1 atom stereocenters. The minimum Gasteiger partial charge on any atom is -0.497 e. The van der Waals surface area contributed by atoms with E-state index in [0.29, 0.717) is 19.0 Å². The third-order valence-electron chi connectivity index (χ3n) is 4.78. The van der Waals surface area contributed by atoms with Crippen LogP contribution >= 0.6 is 0 Å². The van der Waals surface area contributed by atoms with Crippen LogP contribution in [0.25, 0.3) is 11.0 Å². The number of ether oxygens (including phenoxy) is 2. The predicted octanol–water partition coefficient (Wildman–Crippen LogP) is 2.40. The Balaban J connectivity index is 1.59. The van der Waals surface area contributed by atoms with E-state index in [2.05, 4.69) is 14.3 Å². The van der Waals surface area contributed by atoms with E-state index < -0.39 is 10.0 Å². The zero-order valence-electron chi connectivity index (χ0n) is 15.2. The molecule has 0 spiro atoms. The average Bonchev–Trinajstić information content (AvgIpc) is 3.07. The van der Waals surface area contributed by atoms with E-state index in [1.165, 1.54) is 12.1 Å². The Bertz CT molecular complexity index is 1070. The molecular weight excluding hydrogens is 366 g/mol. The van der Waals surface area contributed by atoms with Crippen LogP contribution in [0.4, 0.5) is 0 Å². The lowest BCUT2D eigenvalue weighted by Crippen LogP contribution is -2.35. The number of hydrogen-bond donors (Lipinski definition) is 1. The number of nitrogens with zero attached hydrogens (tertiary/aromatic N) is 2. The van der Waals surface area contributed by atoms with Gasteiger partial charge in [-0.3, -0.25) is 0 Å². The van der Waals surface area contributed by atoms with Crippen molar-refractivity contribution in [2.75, 3.05) is 20.3 Å². The number of rotatable bonds is 5. The van der Waals surface area contributed by atoms with Gasteiger partial charge in [0.2, 0.25) is 10.0 Å². The molecule has 0 amide bonds. The molecular formula is C19H21N3O4S. The maximum Gasteiger partial charge on any atom is 0.240 e. The van der Waals surface area contributed by atoms with Crippen LogP contribution in [0.3, 0.4) is 0 Å². The van der Waals surface area contributed by atoms with Gasteiger partial charge in [0.1, 0.15) is 18.2 Å². The molecule has 0 saturated heterocycles. The summed E-state index contributed by atoms with van der Waals surface area (Å²) in [5.41, 5.74) is 3.02. The van der Waals surface area contributed by atoms with Gasteiger partial charge in [-0.2, -0.15) is 0 Å². The van der Waals surface area contributed by atoms with Crippen molar-refractivity contribution < 1.29 is 17.9 Å². The highest BCUT2D eigenvalue weighted by atomic mass is 32.2. The first kappa shape index (κ1) is 18.0. The Labute approximate surface area is 158 Å². The van der Waals surface area contributed by atoms with Crippen LogP contribution in [0.5, 0.6) is 5.75 Å². The minimum atomic E-state index is -3.63. The van der Waals surface area contributed by atoms with Crippen LogP contribution in [-0.4, -0.2) is 38.2 Å². The molecule has 1 aliphatic heterocycles. The van der Waals surface area contributed by atoms with Crippen molar-refractivity contribution in [1.82, 2.24) is 14.3 Å². The smallest absolute Gasteiger partial charge is 0.240 e. The first-order valence-electron chi connectivity index (χ1n) is 8.67. The highest BCUT2D eigenvalue weighted by Gasteiger charge is 2.26. The number of methoxy groups -OCH3 is 1. The fraction of sp³-hybridized carbons (Fsp3) is 0.316. The summed E-state index contributed by atoms with van der Waals surface area (Å²) in [6.07, 6.45) is 0. The molecule has 4 rings (SSSR count). The maximum atomic E-state index is 12.6. The second-order valence-corrected chi connectivity index (χ2v) is 8.30. The standard InChI is InChI=1S/C19H21N3O4S/c1-13-4-3-5-17-19(13)21-18-12-26-11-14(22(17)18)10-20-27(23,24)16-8-6-15(25-2)7-9-16/h3-9,14,20H,10-12H2,1-2H3/t14-/m0/s1. The number of nitrogens with one attached hydrogen (secondary N) is 1. The molecule has 2 aromatic carbocycles. The largest absolute Gasteiger partial charge is 0.497 e. The number of hydrogen-bond acceptors (Lipinski definition) is 5. The lowest BCUT2D eigenvalue weighted by atomic mass is 10.2. The molecule has 1 aromatic heterocycles. The lowest BCUT2D eigenvalue weighted by molar-refractivity contribution is 0.0581. The zero-order valence-corrected chi connectivity index (χ0v) is 16.0. The van der Waals surface area contributed by atoms with Gasteiger partial charge in [-0.15, -0.1) is 0 Å². The molecule has 2 heterocycles. The van der Waals surface area contributed by atoms with Gasteiger partial charge in [0.05, 0.1) is 35.7 Å². The molecule has 7 nitrogen and oxygen atoms in total. The molecule has 0 aliphatic carbocycles. The van der Waals surface area contributed by atoms with Crippen LogP contribution in [0, 0.1) is 6.92 Å². The lowest BCUT2D eigenvalue weighted by Gasteiger charge is -2.26. The molecule has 1 N–H and O–H groups in total. The topological polar surface area (TPSA) is 82.5 Å². The van der Waals surface area contributed by atoms with Gasteiger partial charge in [0.25, 0.3) is 0 Å². The van der Waals surface area contributed by atoms with Gasteiger partial charge in [-0.25, -0.2) is 18.1 Å². The molecule has 0 fully saturated rings. The van der Waals surface area contributed by atoms with Crippen LogP contribution in [0.15, 0.2) is 47.4 Å². The van der Waals surface area contributed by atoms with Crippen molar-refractivity contribution in [2.45, 2.75) is 24.5 Å². The number of sulfonamides is 1. The van der Waals surface area contributed by atoms with Crippen molar-refractivity contribution >= 4 is 21.1 Å². The fourth-order valence-corrected chi connectivity index (χ4v) is 4.44. The summed E-state index contributed by atoms with van der Waals surface area (Å²) < 4.78 is 40.8. The maximum absolute atomic E-state index is 12.6. The Morgan fingerprint density at radius 3 is 2.78 bits per heavy atom. The normalized spacial score (nSPS) is 17.0. The molecule has 3 aromatic rings. The van der Waals surface area contributed by atoms with E-state index in [-0.39, 0.29) is 17.5 Å². The van der Waals surface area contributed by atoms with Crippen LogP contribution in [0.2, 0.25) is 0 Å². The van der Waals surface area contributed by atoms with E-state index in [1.54, 1.807) is 19.2 Å². The molecule has 1 aliphatic rings. The Hall–Kier alpha value is -2.42. The van der Waals surface area contributed by atoms with Crippen molar-refractivity contribution in [3.05, 3.63) is 53.9 Å². The van der Waals surface area contributed by atoms with E-state index in [9.17, 15) is 8.42 Å². The number of aryl methyl sites for hydroxylation is 1. The van der Waals surface area contributed by atoms with Gasteiger partial charge in [-0.05, 0) is 42.8 Å². The van der Waals surface area contributed by atoms with Crippen molar-refractivity contribution in [1.29, 1.82) is 0 Å². The zero-order chi connectivity index (χ0) is 19.0. The van der Waals surface area contributed by atoms with Crippen molar-refractivity contribution in [2.24, 2.45) is 0 Å². The summed E-state index contributed by atoms with van der Waals surface area (Å²) in [6.45, 7) is 3.09. The fourth-order valence-electron chi connectivity index (χ4n) is 3.37. The molecule has 8 heteroatoms. The van der Waals surface area contributed by atoms with E-state index in [1.807, 2.05) is 25.1 Å². The first-order chi connectivity index (χ1) is 13.0. The van der Waals surface area contributed by atoms with Gasteiger partial charge >= 0.3 is 0 Å². The first-order valence-corrected chi connectivity index (χ1v) is 10.2. The summed E-state index contributed by atoms with van der Waals surface area (Å²) in [5, 5.41) is 0. The van der Waals surface area contributed by atoms with Gasteiger partial charge in [0, 0.05) is 6.54 Å². The monoisotopic (exact) mass is 387 g/mol. The third kappa shape index (κ3) is 3.31. The van der Waals surface area contributed by atoms with Crippen molar-refractivity contribution in [3.63, 3.8) is 0 Å². The minimum absolute atomic E-state index is 0.159. The summed E-state index contributed by atoms with van der Waals surface area (Å²) in [6, 6.07) is 12.2. The number of benzene rings is 2. The Kier molecular flexibility index (Phi) is 4.63. The average molecular weight is 387 g/mol. The molecule has 142 valence electrons. The summed E-state index contributed by atoms with van der Waals surface area (Å²) in [7, 11) is -2.09. The third-order valence-corrected chi connectivity index (χ3v) is 6.22. The van der Waals surface area contributed by atoms with Gasteiger partial charge in [-0.1, -0.05) is 12.1 Å². The van der Waals surface area contributed by atoms with Crippen LogP contribution < -0.4 is 9.46 Å². The Morgan fingerprint density at radius 2 is 2.04 bits per heavy atom. The SMILES string of the molecule is COc1ccc(S(=O)(=O)NC[C@H]2COCc3nc4c(C)cccc4n32)cc1. The molecule has 0 saturated carbocycles. The molecule has 27 heavy (non-hydrogen) atoms. The number of fused-ring (bicyclic) bond motifs is 3. The second-order valence-electron chi connectivity index (χ2n) is 6.54. The number of imidazole rings is 1. The second kappa shape index (κ2) is 6.95. The van der Waals surface area contributed by atoms with E-state index in [0.717, 1.165) is 22.4 Å².